The minimum absolute atomic E-state index is 0. The molecule has 1 aliphatic rings. The van der Waals surface area contributed by atoms with E-state index in [0.717, 1.165) is 19.4 Å². The summed E-state index contributed by atoms with van der Waals surface area (Å²) in [5.41, 5.74) is 5.06. The lowest BCUT2D eigenvalue weighted by Crippen LogP contribution is -3.00. The number of benzene rings is 1. The predicted molar refractivity (Wildman–Crippen MR) is 108 cm³/mol. The van der Waals surface area contributed by atoms with E-state index >= 15 is 0 Å². The molecule has 0 radical (unpaired) electrons. The average molecular weight is 408 g/mol. The molecular weight excluding hydrogens is 374 g/mol. The summed E-state index contributed by atoms with van der Waals surface area (Å²) >= 11 is 0. The van der Waals surface area contributed by atoms with E-state index in [1.54, 1.807) is 0 Å². The van der Waals surface area contributed by atoms with Crippen LogP contribution in [-0.2, 0) is 10.8 Å². The molecule has 0 aliphatic carbocycles. The highest BCUT2D eigenvalue weighted by Gasteiger charge is 2.39. The van der Waals surface area contributed by atoms with Crippen LogP contribution in [0.4, 0.5) is 0 Å². The molecule has 0 amide bonds. The third-order valence-corrected chi connectivity index (χ3v) is 10.7. The summed E-state index contributed by atoms with van der Waals surface area (Å²) in [6, 6.07) is 4.87. The Morgan fingerprint density at radius 3 is 2.33 bits per heavy atom. The summed E-state index contributed by atoms with van der Waals surface area (Å²) in [7, 11) is -1.72. The molecule has 2 aromatic rings. The van der Waals surface area contributed by atoms with E-state index in [2.05, 4.69) is 82.3 Å². The topological polar surface area (TPSA) is 30.9 Å². The molecule has 0 spiro atoms. The highest BCUT2D eigenvalue weighted by Crippen LogP contribution is 2.37. The standard InChI is InChI=1S/C21H34N3OSi.ClH/c1-15-11-16(2)20(17(3)12-15)24-14-23-18(9-10-19(23)22-24)13-25-26(7,8)21(4,5)6;/h11-12,14,18H,9-10,13H2,1-8H3;1H/q+1;/p-1/t18-;/m0./s1. The van der Waals surface area contributed by atoms with E-state index < -0.39 is 8.32 Å². The summed E-state index contributed by atoms with van der Waals surface area (Å²) in [4.78, 5) is 0. The number of nitrogens with zero attached hydrogens (tertiary/aromatic N) is 3. The van der Waals surface area contributed by atoms with Crippen LogP contribution in [0, 0.1) is 20.8 Å². The molecule has 150 valence electrons. The van der Waals surface area contributed by atoms with Crippen molar-refractivity contribution in [2.75, 3.05) is 6.61 Å². The Hall–Kier alpha value is -1.17. The Labute approximate surface area is 171 Å². The fourth-order valence-corrected chi connectivity index (χ4v) is 4.67. The zero-order valence-corrected chi connectivity index (χ0v) is 19.8. The van der Waals surface area contributed by atoms with Crippen molar-refractivity contribution in [3.63, 3.8) is 0 Å². The molecule has 6 heteroatoms. The third-order valence-electron chi connectivity index (χ3n) is 6.16. The lowest BCUT2D eigenvalue weighted by Gasteiger charge is -2.36. The van der Waals surface area contributed by atoms with Gasteiger partial charge in [-0.25, -0.2) is 4.57 Å². The molecule has 1 atom stereocenters. The molecule has 0 unspecified atom stereocenters. The Kier molecular flexibility index (Phi) is 6.30. The molecule has 0 saturated carbocycles. The first kappa shape index (κ1) is 22.1. The summed E-state index contributed by atoms with van der Waals surface area (Å²) in [5.74, 6) is 1.17. The summed E-state index contributed by atoms with van der Waals surface area (Å²) in [6.07, 6.45) is 4.33. The smallest absolute Gasteiger partial charge is 0.278 e. The van der Waals surface area contributed by atoms with Crippen molar-refractivity contribution in [2.45, 2.75) is 78.6 Å². The molecule has 1 aliphatic heterocycles. The van der Waals surface area contributed by atoms with E-state index in [9.17, 15) is 0 Å². The molecule has 0 fully saturated rings. The van der Waals surface area contributed by atoms with Gasteiger partial charge in [-0.1, -0.05) is 43.1 Å². The molecule has 0 N–H and O–H groups in total. The third kappa shape index (κ3) is 4.30. The number of rotatable bonds is 4. The molecule has 4 nitrogen and oxygen atoms in total. The molecule has 0 bridgehead atoms. The minimum Gasteiger partial charge on any atom is -1.00 e. The van der Waals surface area contributed by atoms with E-state index in [4.69, 9.17) is 9.52 Å². The van der Waals surface area contributed by atoms with Crippen molar-refractivity contribution >= 4 is 8.32 Å². The number of halogens is 1. The van der Waals surface area contributed by atoms with Crippen LogP contribution in [0.2, 0.25) is 18.1 Å². The maximum absolute atomic E-state index is 6.49. The van der Waals surface area contributed by atoms with E-state index in [1.807, 2.05) is 0 Å². The summed E-state index contributed by atoms with van der Waals surface area (Å²) < 4.78 is 10.9. The van der Waals surface area contributed by atoms with Crippen molar-refractivity contribution in [3.8, 4) is 5.69 Å². The SMILES string of the molecule is Cc1cc(C)c(-n2c[n+]3c(n2)CC[C@H]3CO[Si](C)(C)C(C)(C)C)c(C)c1.[Cl-]. The van der Waals surface area contributed by atoms with Gasteiger partial charge in [-0.05, 0) is 56.5 Å². The number of fused-ring (bicyclic) bond motifs is 1. The first-order chi connectivity index (χ1) is 12.0. The first-order valence-corrected chi connectivity index (χ1v) is 12.6. The molecule has 2 heterocycles. The lowest BCUT2D eigenvalue weighted by molar-refractivity contribution is -0.718. The van der Waals surface area contributed by atoms with Gasteiger partial charge in [0.05, 0.1) is 6.61 Å². The van der Waals surface area contributed by atoms with Crippen LogP contribution >= 0.6 is 0 Å². The minimum atomic E-state index is -1.72. The van der Waals surface area contributed by atoms with Gasteiger partial charge >= 0.3 is 0 Å². The quantitative estimate of drug-likeness (QED) is 0.569. The van der Waals surface area contributed by atoms with Crippen LogP contribution in [0.1, 0.15) is 55.7 Å². The Balaban J connectivity index is 0.00000261. The van der Waals surface area contributed by atoms with Crippen molar-refractivity contribution < 1.29 is 21.4 Å². The van der Waals surface area contributed by atoms with Crippen LogP contribution in [0.3, 0.4) is 0 Å². The lowest BCUT2D eigenvalue weighted by atomic mass is 10.1. The Morgan fingerprint density at radius 1 is 1.19 bits per heavy atom. The van der Waals surface area contributed by atoms with Gasteiger partial charge in [0.2, 0.25) is 6.33 Å². The molecule has 0 saturated heterocycles. The highest BCUT2D eigenvalue weighted by molar-refractivity contribution is 6.74. The summed E-state index contributed by atoms with van der Waals surface area (Å²) in [5, 5.41) is 5.14. The van der Waals surface area contributed by atoms with Crippen LogP contribution in [0.25, 0.3) is 5.69 Å². The maximum Gasteiger partial charge on any atom is 0.278 e. The normalized spacial score (nSPS) is 17.0. The monoisotopic (exact) mass is 407 g/mol. The highest BCUT2D eigenvalue weighted by atomic mass is 35.5. The molecule has 3 rings (SSSR count). The second-order valence-corrected chi connectivity index (χ2v) is 14.2. The van der Waals surface area contributed by atoms with Crippen molar-refractivity contribution in [1.29, 1.82) is 0 Å². The molecular formula is C21H34ClN3OSi. The van der Waals surface area contributed by atoms with Crippen LogP contribution in [-0.4, -0.2) is 24.7 Å². The molecule has 1 aromatic carbocycles. The van der Waals surface area contributed by atoms with Gasteiger partial charge in [-0.3, -0.25) is 0 Å². The van der Waals surface area contributed by atoms with E-state index in [0.29, 0.717) is 6.04 Å². The zero-order chi connectivity index (χ0) is 19.3. The van der Waals surface area contributed by atoms with Crippen LogP contribution in [0.5, 0.6) is 0 Å². The fourth-order valence-electron chi connectivity index (χ4n) is 3.63. The van der Waals surface area contributed by atoms with Crippen molar-refractivity contribution in [3.05, 3.63) is 41.0 Å². The molecule has 1 aromatic heterocycles. The van der Waals surface area contributed by atoms with Gasteiger partial charge in [0.15, 0.2) is 8.32 Å². The van der Waals surface area contributed by atoms with Crippen molar-refractivity contribution in [2.24, 2.45) is 0 Å². The maximum atomic E-state index is 6.49. The Bertz CT molecular complexity index is 800. The van der Waals surface area contributed by atoms with Gasteiger partial charge in [0.1, 0.15) is 11.7 Å². The zero-order valence-electron chi connectivity index (χ0n) is 18.1. The Morgan fingerprint density at radius 2 is 1.78 bits per heavy atom. The average Bonchev–Trinajstić information content (AvgIpc) is 3.03. The van der Waals surface area contributed by atoms with E-state index in [1.165, 1.54) is 28.2 Å². The van der Waals surface area contributed by atoms with Gasteiger partial charge in [-0.15, -0.1) is 0 Å². The number of hydrogen-bond donors (Lipinski definition) is 0. The van der Waals surface area contributed by atoms with Crippen LogP contribution in [0.15, 0.2) is 18.5 Å². The first-order valence-electron chi connectivity index (χ1n) is 9.71. The summed E-state index contributed by atoms with van der Waals surface area (Å²) in [6.45, 7) is 18.8. The van der Waals surface area contributed by atoms with Crippen molar-refractivity contribution in [1.82, 2.24) is 9.78 Å². The van der Waals surface area contributed by atoms with Gasteiger partial charge < -0.3 is 16.8 Å². The van der Waals surface area contributed by atoms with Crippen LogP contribution < -0.4 is 17.0 Å². The molecule has 27 heavy (non-hydrogen) atoms. The fraction of sp³-hybridized carbons (Fsp3) is 0.619. The number of aryl methyl sites for hydroxylation is 4. The van der Waals surface area contributed by atoms with Gasteiger partial charge in [-0.2, -0.15) is 0 Å². The largest absolute Gasteiger partial charge is 1.00 e. The van der Waals surface area contributed by atoms with E-state index in [-0.39, 0.29) is 17.4 Å². The second-order valence-electron chi connectivity index (χ2n) is 9.39. The predicted octanol–water partition coefficient (Wildman–Crippen LogP) is 1.60. The van der Waals surface area contributed by atoms with Gasteiger partial charge in [0, 0.05) is 11.5 Å². The van der Waals surface area contributed by atoms with Gasteiger partial charge in [0.25, 0.3) is 5.82 Å². The number of hydrogen-bond acceptors (Lipinski definition) is 2. The second kappa shape index (κ2) is 7.68. The number of aromatic nitrogens is 3.